The maximum absolute atomic E-state index is 12.1. The van der Waals surface area contributed by atoms with Crippen LogP contribution in [0.15, 0.2) is 30.5 Å². The SMILES string of the molecule is C[C@@H]1CCCC[C@@H]1NC(=O)CCCc1c[nH]c2ccccc12. The molecule has 22 heavy (non-hydrogen) atoms. The topological polar surface area (TPSA) is 44.9 Å². The minimum Gasteiger partial charge on any atom is -0.361 e. The van der Waals surface area contributed by atoms with Crippen LogP contribution in [0.5, 0.6) is 0 Å². The number of aromatic nitrogens is 1. The van der Waals surface area contributed by atoms with E-state index in [1.807, 2.05) is 6.07 Å². The molecule has 0 unspecified atom stereocenters. The third kappa shape index (κ3) is 3.52. The summed E-state index contributed by atoms with van der Waals surface area (Å²) in [5.41, 5.74) is 2.49. The zero-order valence-corrected chi connectivity index (χ0v) is 13.4. The smallest absolute Gasteiger partial charge is 0.220 e. The molecule has 0 radical (unpaired) electrons. The summed E-state index contributed by atoms with van der Waals surface area (Å²) in [6.45, 7) is 2.26. The molecule has 1 amide bonds. The van der Waals surface area contributed by atoms with Crippen molar-refractivity contribution < 1.29 is 4.79 Å². The number of carbonyl (C=O) groups excluding carboxylic acids is 1. The maximum Gasteiger partial charge on any atom is 0.220 e. The second kappa shape index (κ2) is 6.99. The van der Waals surface area contributed by atoms with Crippen LogP contribution in [-0.2, 0) is 11.2 Å². The first kappa shape index (κ1) is 15.1. The molecule has 1 saturated carbocycles. The van der Waals surface area contributed by atoms with Crippen LogP contribution in [0.1, 0.15) is 51.0 Å². The van der Waals surface area contributed by atoms with Gasteiger partial charge in [-0.1, -0.05) is 38.0 Å². The van der Waals surface area contributed by atoms with Gasteiger partial charge in [-0.3, -0.25) is 4.79 Å². The van der Waals surface area contributed by atoms with Gasteiger partial charge in [0.15, 0.2) is 0 Å². The van der Waals surface area contributed by atoms with Gasteiger partial charge in [-0.05, 0) is 43.2 Å². The monoisotopic (exact) mass is 298 g/mol. The number of nitrogens with one attached hydrogen (secondary N) is 2. The second-order valence-electron chi connectivity index (χ2n) is 6.65. The van der Waals surface area contributed by atoms with E-state index in [-0.39, 0.29) is 5.91 Å². The Hall–Kier alpha value is -1.77. The highest BCUT2D eigenvalue weighted by Gasteiger charge is 2.22. The minimum atomic E-state index is 0.221. The van der Waals surface area contributed by atoms with Crippen molar-refractivity contribution in [2.45, 2.75) is 57.9 Å². The fourth-order valence-electron chi connectivity index (χ4n) is 3.59. The molecule has 1 fully saturated rings. The molecule has 3 heteroatoms. The van der Waals surface area contributed by atoms with E-state index in [0.717, 1.165) is 19.3 Å². The summed E-state index contributed by atoms with van der Waals surface area (Å²) in [6, 6.07) is 8.74. The Morgan fingerprint density at radius 3 is 2.95 bits per heavy atom. The Morgan fingerprint density at radius 1 is 1.27 bits per heavy atom. The first-order chi connectivity index (χ1) is 10.7. The van der Waals surface area contributed by atoms with Crippen LogP contribution in [0.2, 0.25) is 0 Å². The Morgan fingerprint density at radius 2 is 2.09 bits per heavy atom. The highest BCUT2D eigenvalue weighted by atomic mass is 16.1. The summed E-state index contributed by atoms with van der Waals surface area (Å²) in [4.78, 5) is 15.4. The van der Waals surface area contributed by atoms with Crippen LogP contribution in [0.4, 0.5) is 0 Å². The molecule has 2 aromatic rings. The largest absolute Gasteiger partial charge is 0.361 e. The summed E-state index contributed by atoms with van der Waals surface area (Å²) >= 11 is 0. The number of hydrogen-bond donors (Lipinski definition) is 2. The second-order valence-corrected chi connectivity index (χ2v) is 6.65. The predicted molar refractivity (Wildman–Crippen MR) is 90.8 cm³/mol. The fourth-order valence-corrected chi connectivity index (χ4v) is 3.59. The summed E-state index contributed by atoms with van der Waals surface area (Å²) in [5, 5.41) is 4.52. The van der Waals surface area contributed by atoms with Crippen LogP contribution in [0.3, 0.4) is 0 Å². The lowest BCUT2D eigenvalue weighted by Gasteiger charge is -2.29. The zero-order valence-electron chi connectivity index (χ0n) is 13.4. The average molecular weight is 298 g/mol. The molecule has 1 aromatic heterocycles. The van der Waals surface area contributed by atoms with Crippen LogP contribution >= 0.6 is 0 Å². The number of fused-ring (bicyclic) bond motifs is 1. The number of aromatic amines is 1. The van der Waals surface area contributed by atoms with Crippen molar-refractivity contribution in [3.8, 4) is 0 Å². The van der Waals surface area contributed by atoms with Crippen LogP contribution in [0, 0.1) is 5.92 Å². The summed E-state index contributed by atoms with van der Waals surface area (Å²) in [6.07, 6.45) is 9.54. The molecule has 1 aromatic carbocycles. The summed E-state index contributed by atoms with van der Waals surface area (Å²) < 4.78 is 0. The fraction of sp³-hybridized carbons (Fsp3) is 0.526. The first-order valence-electron chi connectivity index (χ1n) is 8.58. The van der Waals surface area contributed by atoms with Crippen LogP contribution < -0.4 is 5.32 Å². The molecule has 118 valence electrons. The van der Waals surface area contributed by atoms with Crippen molar-refractivity contribution in [3.63, 3.8) is 0 Å². The number of para-hydroxylation sites is 1. The maximum atomic E-state index is 12.1. The van der Waals surface area contributed by atoms with Gasteiger partial charge in [0.1, 0.15) is 0 Å². The van der Waals surface area contributed by atoms with Crippen molar-refractivity contribution in [1.82, 2.24) is 10.3 Å². The molecule has 1 aliphatic carbocycles. The molecule has 0 aliphatic heterocycles. The number of benzene rings is 1. The van der Waals surface area contributed by atoms with Gasteiger partial charge < -0.3 is 10.3 Å². The molecule has 3 nitrogen and oxygen atoms in total. The Kier molecular flexibility index (Phi) is 4.81. The standard InChI is InChI=1S/C19H26N2O/c1-14-7-2-4-10-17(14)21-19(22)12-6-8-15-13-20-18-11-5-3-9-16(15)18/h3,5,9,11,13-14,17,20H,2,4,6-8,10,12H2,1H3,(H,21,22)/t14-,17+/m1/s1. The number of hydrogen-bond acceptors (Lipinski definition) is 1. The van der Waals surface area contributed by atoms with E-state index in [9.17, 15) is 4.79 Å². The summed E-state index contributed by atoms with van der Waals surface area (Å²) in [5.74, 6) is 0.852. The quantitative estimate of drug-likeness (QED) is 0.854. The van der Waals surface area contributed by atoms with Gasteiger partial charge in [0.25, 0.3) is 0 Å². The minimum absolute atomic E-state index is 0.221. The molecule has 1 heterocycles. The molecule has 0 saturated heterocycles. The van der Waals surface area contributed by atoms with E-state index in [2.05, 4.69) is 41.6 Å². The van der Waals surface area contributed by atoms with Crippen molar-refractivity contribution in [2.75, 3.05) is 0 Å². The third-order valence-corrected chi connectivity index (χ3v) is 4.98. The van der Waals surface area contributed by atoms with Gasteiger partial charge >= 0.3 is 0 Å². The normalized spacial score (nSPS) is 21.9. The van der Waals surface area contributed by atoms with E-state index >= 15 is 0 Å². The van der Waals surface area contributed by atoms with Gasteiger partial charge in [0, 0.05) is 29.6 Å². The van der Waals surface area contributed by atoms with Crippen molar-refractivity contribution >= 4 is 16.8 Å². The number of H-pyrrole nitrogens is 1. The number of rotatable bonds is 5. The van der Waals surface area contributed by atoms with E-state index in [4.69, 9.17) is 0 Å². The van der Waals surface area contributed by atoms with Gasteiger partial charge in [0.2, 0.25) is 5.91 Å². The highest BCUT2D eigenvalue weighted by molar-refractivity contribution is 5.83. The Balaban J connectivity index is 1.47. The third-order valence-electron chi connectivity index (χ3n) is 4.98. The number of aryl methyl sites for hydroxylation is 1. The predicted octanol–water partition coefficient (Wildman–Crippen LogP) is 4.19. The number of amides is 1. The molecule has 0 spiro atoms. The van der Waals surface area contributed by atoms with E-state index in [1.165, 1.54) is 35.7 Å². The van der Waals surface area contributed by atoms with Crippen molar-refractivity contribution in [1.29, 1.82) is 0 Å². The number of carbonyl (C=O) groups is 1. The lowest BCUT2D eigenvalue weighted by atomic mass is 9.86. The van der Waals surface area contributed by atoms with Gasteiger partial charge in [-0.25, -0.2) is 0 Å². The van der Waals surface area contributed by atoms with Crippen molar-refractivity contribution in [3.05, 3.63) is 36.0 Å². The van der Waals surface area contributed by atoms with Gasteiger partial charge in [0.05, 0.1) is 0 Å². The van der Waals surface area contributed by atoms with E-state index in [1.54, 1.807) is 0 Å². The Labute approximate surface area is 132 Å². The van der Waals surface area contributed by atoms with Gasteiger partial charge in [-0.2, -0.15) is 0 Å². The molecule has 0 bridgehead atoms. The molecule has 2 atom stereocenters. The van der Waals surface area contributed by atoms with Crippen molar-refractivity contribution in [2.24, 2.45) is 5.92 Å². The molecule has 2 N–H and O–H groups in total. The zero-order chi connectivity index (χ0) is 15.4. The average Bonchev–Trinajstić information content (AvgIpc) is 2.93. The lowest BCUT2D eigenvalue weighted by Crippen LogP contribution is -2.40. The molecular formula is C19H26N2O. The van der Waals surface area contributed by atoms with Crippen LogP contribution in [-0.4, -0.2) is 16.9 Å². The first-order valence-corrected chi connectivity index (χ1v) is 8.58. The highest BCUT2D eigenvalue weighted by Crippen LogP contribution is 2.24. The van der Waals surface area contributed by atoms with Crippen LogP contribution in [0.25, 0.3) is 10.9 Å². The van der Waals surface area contributed by atoms with E-state index < -0.39 is 0 Å². The Bertz CT molecular complexity index is 631. The van der Waals surface area contributed by atoms with E-state index in [0.29, 0.717) is 18.4 Å². The molecule has 3 rings (SSSR count). The summed E-state index contributed by atoms with van der Waals surface area (Å²) in [7, 11) is 0. The lowest BCUT2D eigenvalue weighted by molar-refractivity contribution is -0.122. The molecular weight excluding hydrogens is 272 g/mol. The van der Waals surface area contributed by atoms with Gasteiger partial charge in [-0.15, -0.1) is 0 Å². The molecule has 1 aliphatic rings.